The van der Waals surface area contributed by atoms with Gasteiger partial charge < -0.3 is 20.7 Å². The molecule has 0 radical (unpaired) electrons. The van der Waals surface area contributed by atoms with Gasteiger partial charge in [0.1, 0.15) is 17.7 Å². The maximum Gasteiger partial charge on any atom is 0.408 e. The molecule has 0 aromatic heterocycles. The van der Waals surface area contributed by atoms with Crippen molar-refractivity contribution in [1.29, 1.82) is 0 Å². The molecule has 7 heteroatoms. The molecule has 0 aliphatic carbocycles. The van der Waals surface area contributed by atoms with E-state index >= 15 is 0 Å². The second-order valence-corrected chi connectivity index (χ2v) is 8.13. The summed E-state index contributed by atoms with van der Waals surface area (Å²) in [5.74, 6) is -0.559. The van der Waals surface area contributed by atoms with Crippen molar-refractivity contribution in [2.45, 2.75) is 91.0 Å². The second kappa shape index (κ2) is 8.54. The number of amides is 3. The molecular weight excluding hydrogens is 322 g/mol. The first-order valence-electron chi connectivity index (χ1n) is 9.07. The summed E-state index contributed by atoms with van der Waals surface area (Å²) in [6.45, 7) is 11.2. The van der Waals surface area contributed by atoms with E-state index in [0.717, 1.165) is 12.8 Å². The van der Waals surface area contributed by atoms with Crippen LogP contribution in [0.25, 0.3) is 0 Å². The third kappa shape index (κ3) is 6.21. The van der Waals surface area contributed by atoms with Gasteiger partial charge in [0.15, 0.2) is 0 Å². The molecule has 1 heterocycles. The predicted octanol–water partition coefficient (Wildman–Crippen LogP) is 2.18. The lowest BCUT2D eigenvalue weighted by Gasteiger charge is -2.33. The van der Waals surface area contributed by atoms with Crippen LogP contribution in [0.4, 0.5) is 4.79 Å². The van der Waals surface area contributed by atoms with Crippen LogP contribution in [0.2, 0.25) is 0 Å². The van der Waals surface area contributed by atoms with Crippen molar-refractivity contribution in [3.05, 3.63) is 0 Å². The van der Waals surface area contributed by atoms with Crippen molar-refractivity contribution in [3.8, 4) is 0 Å². The van der Waals surface area contributed by atoms with Gasteiger partial charge in [-0.25, -0.2) is 4.79 Å². The molecule has 1 saturated heterocycles. The van der Waals surface area contributed by atoms with Crippen molar-refractivity contribution in [2.75, 3.05) is 0 Å². The first-order valence-corrected chi connectivity index (χ1v) is 9.07. The van der Waals surface area contributed by atoms with Gasteiger partial charge in [-0.3, -0.25) is 9.59 Å². The first-order chi connectivity index (χ1) is 11.5. The Kier molecular flexibility index (Phi) is 7.26. The van der Waals surface area contributed by atoms with Crippen LogP contribution in [0.5, 0.6) is 0 Å². The van der Waals surface area contributed by atoms with Crippen LogP contribution in [-0.2, 0) is 14.3 Å². The zero-order valence-corrected chi connectivity index (χ0v) is 16.3. The number of nitrogens with zero attached hydrogens (tertiary/aromatic N) is 1. The highest BCUT2D eigenvalue weighted by molar-refractivity contribution is 5.91. The number of carbonyl (C=O) groups excluding carboxylic acids is 3. The second-order valence-electron chi connectivity index (χ2n) is 8.13. The summed E-state index contributed by atoms with van der Waals surface area (Å²) < 4.78 is 5.28. The molecule has 3 N–H and O–H groups in total. The van der Waals surface area contributed by atoms with E-state index in [-0.39, 0.29) is 17.9 Å². The van der Waals surface area contributed by atoms with E-state index in [9.17, 15) is 14.4 Å². The summed E-state index contributed by atoms with van der Waals surface area (Å²) in [5, 5.41) is 2.68. The van der Waals surface area contributed by atoms with Gasteiger partial charge in [0.05, 0.1) is 0 Å². The zero-order chi connectivity index (χ0) is 19.4. The number of primary amides is 1. The maximum atomic E-state index is 13.1. The fourth-order valence-electron chi connectivity index (χ4n) is 3.22. The highest BCUT2D eigenvalue weighted by Crippen LogP contribution is 2.28. The fourth-order valence-corrected chi connectivity index (χ4v) is 3.22. The summed E-state index contributed by atoms with van der Waals surface area (Å²) in [5.41, 5.74) is 4.84. The van der Waals surface area contributed by atoms with E-state index in [1.165, 1.54) is 0 Å². The number of carbonyl (C=O) groups is 3. The fraction of sp³-hybridized carbons (Fsp3) is 0.833. The van der Waals surface area contributed by atoms with Gasteiger partial charge in [-0.2, -0.15) is 0 Å². The van der Waals surface area contributed by atoms with Crippen molar-refractivity contribution < 1.29 is 19.1 Å². The van der Waals surface area contributed by atoms with Crippen LogP contribution >= 0.6 is 0 Å². The van der Waals surface area contributed by atoms with E-state index in [0.29, 0.717) is 12.8 Å². The Bertz CT molecular complexity index is 499. The van der Waals surface area contributed by atoms with Gasteiger partial charge in [-0.05, 0) is 52.4 Å². The lowest BCUT2D eigenvalue weighted by atomic mass is 10.0. The number of nitrogens with two attached hydrogens (primary N) is 1. The predicted molar refractivity (Wildman–Crippen MR) is 95.8 cm³/mol. The minimum Gasteiger partial charge on any atom is -0.444 e. The van der Waals surface area contributed by atoms with Crippen LogP contribution < -0.4 is 11.1 Å². The quantitative estimate of drug-likeness (QED) is 0.762. The van der Waals surface area contributed by atoms with Gasteiger partial charge in [0, 0.05) is 6.04 Å². The molecule has 1 fully saturated rings. The Morgan fingerprint density at radius 2 is 1.84 bits per heavy atom. The summed E-state index contributed by atoms with van der Waals surface area (Å²) >= 11 is 0. The molecule has 1 rings (SSSR count). The van der Waals surface area contributed by atoms with Crippen LogP contribution in [-0.4, -0.2) is 46.5 Å². The van der Waals surface area contributed by atoms with Crippen molar-refractivity contribution in [2.24, 2.45) is 11.7 Å². The number of rotatable bonds is 6. The average Bonchev–Trinajstić information content (AvgIpc) is 2.87. The van der Waals surface area contributed by atoms with Gasteiger partial charge in [-0.15, -0.1) is 0 Å². The molecule has 0 bridgehead atoms. The number of nitrogens with one attached hydrogen (secondary N) is 1. The van der Waals surface area contributed by atoms with Crippen LogP contribution in [0, 0.1) is 5.92 Å². The lowest BCUT2D eigenvalue weighted by Crippen LogP contribution is -2.55. The summed E-state index contributed by atoms with van der Waals surface area (Å²) in [6.07, 6.45) is 1.90. The summed E-state index contributed by atoms with van der Waals surface area (Å²) in [6, 6.07) is -1.36. The molecule has 25 heavy (non-hydrogen) atoms. The smallest absolute Gasteiger partial charge is 0.408 e. The van der Waals surface area contributed by atoms with E-state index in [2.05, 4.69) is 5.32 Å². The minimum atomic E-state index is -0.733. The number of likely N-dealkylation sites (tertiary alicyclic amines) is 1. The van der Waals surface area contributed by atoms with E-state index < -0.39 is 29.7 Å². The third-order valence-electron chi connectivity index (χ3n) is 4.25. The largest absolute Gasteiger partial charge is 0.444 e. The normalized spacial score (nSPS) is 22.0. The van der Waals surface area contributed by atoms with Gasteiger partial charge in [0.2, 0.25) is 11.8 Å². The zero-order valence-electron chi connectivity index (χ0n) is 16.3. The Morgan fingerprint density at radius 1 is 1.24 bits per heavy atom. The number of hydrogen-bond acceptors (Lipinski definition) is 4. The molecule has 3 atom stereocenters. The van der Waals surface area contributed by atoms with Gasteiger partial charge in [-0.1, -0.05) is 20.8 Å². The number of ether oxygens (including phenoxy) is 1. The number of alkyl carbamates (subject to hydrolysis) is 1. The lowest BCUT2D eigenvalue weighted by molar-refractivity contribution is -0.141. The van der Waals surface area contributed by atoms with Gasteiger partial charge >= 0.3 is 6.09 Å². The molecule has 1 aliphatic heterocycles. The maximum absolute atomic E-state index is 13.1. The minimum absolute atomic E-state index is 0.0277. The van der Waals surface area contributed by atoms with Crippen molar-refractivity contribution in [3.63, 3.8) is 0 Å². The molecule has 0 spiro atoms. The SMILES string of the molecule is CCC1CC[C@@H](C(N)=O)N1C(=O)[C@H](CC(C)C)NC(=O)OC(C)(C)C. The highest BCUT2D eigenvalue weighted by Gasteiger charge is 2.42. The standard InChI is InChI=1S/C18H33N3O4/c1-7-12-8-9-14(15(19)22)21(12)16(23)13(10-11(2)3)20-17(24)25-18(4,5)6/h11-14H,7-10H2,1-6H3,(H2,19,22)(H,20,24)/t12?,13-,14-/m0/s1. The highest BCUT2D eigenvalue weighted by atomic mass is 16.6. The molecule has 1 aliphatic rings. The molecule has 7 nitrogen and oxygen atoms in total. The van der Waals surface area contributed by atoms with E-state index in [1.807, 2.05) is 20.8 Å². The molecule has 3 amide bonds. The summed E-state index contributed by atoms with van der Waals surface area (Å²) in [4.78, 5) is 38.6. The molecule has 0 aromatic carbocycles. The van der Waals surface area contributed by atoms with Gasteiger partial charge in [0.25, 0.3) is 0 Å². The molecule has 0 saturated carbocycles. The van der Waals surface area contributed by atoms with Crippen molar-refractivity contribution >= 4 is 17.9 Å². The molecule has 144 valence electrons. The monoisotopic (exact) mass is 355 g/mol. The Balaban J connectivity index is 2.98. The molecule has 1 unspecified atom stereocenters. The van der Waals surface area contributed by atoms with E-state index in [1.54, 1.807) is 25.7 Å². The Morgan fingerprint density at radius 3 is 2.28 bits per heavy atom. The van der Waals surface area contributed by atoms with Crippen molar-refractivity contribution in [1.82, 2.24) is 10.2 Å². The topological polar surface area (TPSA) is 102 Å². The number of hydrogen-bond donors (Lipinski definition) is 2. The first kappa shape index (κ1) is 21.3. The van der Waals surface area contributed by atoms with E-state index in [4.69, 9.17) is 10.5 Å². The third-order valence-corrected chi connectivity index (χ3v) is 4.25. The average molecular weight is 355 g/mol. The molecule has 0 aromatic rings. The van der Waals surface area contributed by atoms with Crippen LogP contribution in [0.3, 0.4) is 0 Å². The van der Waals surface area contributed by atoms with Crippen LogP contribution in [0.15, 0.2) is 0 Å². The Labute approximate surface area is 150 Å². The molecular formula is C18H33N3O4. The summed E-state index contributed by atoms with van der Waals surface area (Å²) in [7, 11) is 0. The Hall–Kier alpha value is -1.79. The van der Waals surface area contributed by atoms with Crippen LogP contribution in [0.1, 0.15) is 67.2 Å².